The van der Waals surface area contributed by atoms with Crippen LogP contribution in [0.5, 0.6) is 0 Å². The Morgan fingerprint density at radius 3 is 2.00 bits per heavy atom. The number of benzene rings is 2. The number of ketones is 1. The van der Waals surface area contributed by atoms with Crippen LogP contribution in [0.25, 0.3) is 0 Å². The highest BCUT2D eigenvalue weighted by Gasteiger charge is 2.36. The van der Waals surface area contributed by atoms with E-state index in [4.69, 9.17) is 46.4 Å². The van der Waals surface area contributed by atoms with E-state index in [1.54, 1.807) is 0 Å². The fraction of sp³-hybridized carbons (Fsp3) is 0. The topological polar surface area (TPSA) is 69.7 Å². The Kier molecular flexibility index (Phi) is 4.44. The summed E-state index contributed by atoms with van der Waals surface area (Å²) in [6, 6.07) is 5.24. The van der Waals surface area contributed by atoms with Gasteiger partial charge in [-0.15, -0.1) is 0 Å². The van der Waals surface area contributed by atoms with Gasteiger partial charge in [-0.05, 0) is 24.3 Å². The highest BCUT2D eigenvalue weighted by molar-refractivity contribution is 6.49. The van der Waals surface area contributed by atoms with Gasteiger partial charge >= 0.3 is 11.9 Å². The molecule has 0 heterocycles. The van der Waals surface area contributed by atoms with Gasteiger partial charge in [0.05, 0.1) is 31.8 Å². The summed E-state index contributed by atoms with van der Waals surface area (Å²) in [5.41, 5.74) is 0.00494. The summed E-state index contributed by atoms with van der Waals surface area (Å²) in [4.78, 5) is 44.2. The molecule has 0 amide bonds. The van der Waals surface area contributed by atoms with Crippen molar-refractivity contribution in [3.05, 3.63) is 66.6 Å². The minimum absolute atomic E-state index is 0.0318. The molecule has 0 atom stereocenters. The molecule has 2 bridgehead atoms. The summed E-state index contributed by atoms with van der Waals surface area (Å²) in [6.45, 7) is 0. The van der Waals surface area contributed by atoms with Crippen molar-refractivity contribution in [3.8, 4) is 0 Å². The molecule has 0 fully saturated rings. The molecule has 0 aliphatic heterocycles. The van der Waals surface area contributed by atoms with Crippen LogP contribution in [0.1, 0.15) is 36.6 Å². The predicted octanol–water partition coefficient (Wildman–Crippen LogP) is 4.77. The van der Waals surface area contributed by atoms with Gasteiger partial charge in [-0.25, -0.2) is 19.4 Å². The summed E-state index contributed by atoms with van der Waals surface area (Å²) in [5, 5.41) is 0.384. The zero-order chi connectivity index (χ0) is 17.6. The van der Waals surface area contributed by atoms with E-state index in [2.05, 4.69) is 9.78 Å². The van der Waals surface area contributed by atoms with E-state index in [1.807, 2.05) is 0 Å². The van der Waals surface area contributed by atoms with Crippen molar-refractivity contribution in [1.29, 1.82) is 0 Å². The van der Waals surface area contributed by atoms with Crippen LogP contribution in [0.3, 0.4) is 0 Å². The summed E-state index contributed by atoms with van der Waals surface area (Å²) >= 11 is 23.3. The fourth-order valence-corrected chi connectivity index (χ4v) is 3.21. The summed E-state index contributed by atoms with van der Waals surface area (Å²) in [6.07, 6.45) is 0. The predicted molar refractivity (Wildman–Crippen MR) is 87.2 cm³/mol. The van der Waals surface area contributed by atoms with Crippen molar-refractivity contribution in [1.82, 2.24) is 0 Å². The molecule has 122 valence electrons. The number of carbonyl (C=O) groups is 3. The molecular formula is C15H4Cl4O5. The van der Waals surface area contributed by atoms with E-state index in [0.717, 1.165) is 0 Å². The van der Waals surface area contributed by atoms with Gasteiger partial charge in [0, 0.05) is 10.6 Å². The lowest BCUT2D eigenvalue weighted by molar-refractivity contribution is -0.187. The average Bonchev–Trinajstić information content (AvgIpc) is 2.52. The molecule has 0 saturated carbocycles. The fourth-order valence-electron chi connectivity index (χ4n) is 2.04. The first kappa shape index (κ1) is 17.0. The Morgan fingerprint density at radius 2 is 1.46 bits per heavy atom. The molecule has 0 unspecified atom stereocenters. The van der Waals surface area contributed by atoms with Crippen molar-refractivity contribution in [3.63, 3.8) is 0 Å². The molecule has 4 rings (SSSR count). The normalized spacial score (nSPS) is 11.8. The molecule has 0 N–H and O–H groups in total. The SMILES string of the molecule is O=C(OOC(=O)c1cc2c(Cl)c(c1Cl)C2=O)c1ccc(Cl)cc1Cl. The average molecular weight is 406 g/mol. The van der Waals surface area contributed by atoms with E-state index < -0.39 is 11.9 Å². The van der Waals surface area contributed by atoms with Gasteiger partial charge in [0.15, 0.2) is 5.78 Å². The van der Waals surface area contributed by atoms with Gasteiger partial charge < -0.3 is 0 Å². The minimum atomic E-state index is -1.05. The monoisotopic (exact) mass is 404 g/mol. The molecule has 2 aromatic rings. The maximum atomic E-state index is 11.9. The Balaban J connectivity index is 1.73. The number of fused-ring (bicyclic) bond motifs is 2. The van der Waals surface area contributed by atoms with Crippen LogP contribution in [0.15, 0.2) is 24.3 Å². The number of hydrogen-bond donors (Lipinski definition) is 0. The summed E-state index contributed by atoms with van der Waals surface area (Å²) in [5.74, 6) is -2.40. The zero-order valence-electron chi connectivity index (χ0n) is 11.4. The lowest BCUT2D eigenvalue weighted by atomic mass is 9.88. The van der Waals surface area contributed by atoms with Gasteiger partial charge in [0.25, 0.3) is 0 Å². The Labute approximate surface area is 154 Å². The van der Waals surface area contributed by atoms with Crippen LogP contribution < -0.4 is 0 Å². The third kappa shape index (κ3) is 2.74. The Hall–Kier alpha value is -1.79. The van der Waals surface area contributed by atoms with Crippen LogP contribution in [0.4, 0.5) is 0 Å². The smallest absolute Gasteiger partial charge is 0.288 e. The maximum Gasteiger partial charge on any atom is 0.387 e. The van der Waals surface area contributed by atoms with Gasteiger partial charge in [0.1, 0.15) is 0 Å². The second kappa shape index (κ2) is 6.26. The second-order valence-corrected chi connectivity index (χ2v) is 6.27. The van der Waals surface area contributed by atoms with Crippen LogP contribution in [0.2, 0.25) is 20.1 Å². The summed E-state index contributed by atoms with van der Waals surface area (Å²) in [7, 11) is 0. The molecule has 0 radical (unpaired) electrons. The zero-order valence-corrected chi connectivity index (χ0v) is 14.4. The van der Waals surface area contributed by atoms with Crippen LogP contribution >= 0.6 is 46.4 Å². The number of halogens is 4. The third-order valence-electron chi connectivity index (χ3n) is 3.24. The first-order chi connectivity index (χ1) is 11.3. The number of carbonyl (C=O) groups excluding carboxylic acids is 3. The van der Waals surface area contributed by atoms with Crippen molar-refractivity contribution >= 4 is 64.1 Å². The van der Waals surface area contributed by atoms with Crippen molar-refractivity contribution < 1.29 is 24.2 Å². The highest BCUT2D eigenvalue weighted by atomic mass is 35.5. The molecule has 0 saturated heterocycles. The standard InChI is InChI=1S/C15H4Cl4O5/c16-5-1-2-6(9(17)3-5)14(21)23-24-15(22)8-4-7-11(18)10(12(8)19)13(7)20/h1-4H. The van der Waals surface area contributed by atoms with Crippen LogP contribution in [0, 0.1) is 0 Å². The first-order valence-corrected chi connectivity index (χ1v) is 7.77. The molecule has 0 spiro atoms. The van der Waals surface area contributed by atoms with Gasteiger partial charge in [-0.1, -0.05) is 46.4 Å². The lowest BCUT2D eigenvalue weighted by Gasteiger charge is -2.20. The summed E-state index contributed by atoms with van der Waals surface area (Å²) < 4.78 is 0. The molecule has 0 aromatic heterocycles. The first-order valence-electron chi connectivity index (χ1n) is 6.26. The number of rotatable bonds is 2. The van der Waals surface area contributed by atoms with Crippen LogP contribution in [-0.2, 0) is 9.78 Å². The molecule has 2 aliphatic carbocycles. The molecule has 9 heteroatoms. The Bertz CT molecular complexity index is 923. The highest BCUT2D eigenvalue weighted by Crippen LogP contribution is 2.41. The largest absolute Gasteiger partial charge is 0.387 e. The van der Waals surface area contributed by atoms with E-state index >= 15 is 0 Å². The van der Waals surface area contributed by atoms with Crippen molar-refractivity contribution in [2.24, 2.45) is 0 Å². The molecule has 5 nitrogen and oxygen atoms in total. The lowest BCUT2D eigenvalue weighted by Crippen LogP contribution is -2.21. The van der Waals surface area contributed by atoms with E-state index in [0.29, 0.717) is 5.02 Å². The second-order valence-electron chi connectivity index (χ2n) is 4.67. The molecule has 2 aliphatic rings. The molecule has 24 heavy (non-hydrogen) atoms. The quantitative estimate of drug-likeness (QED) is 0.453. The maximum absolute atomic E-state index is 11.9. The van der Waals surface area contributed by atoms with Gasteiger partial charge in [-0.2, -0.15) is 0 Å². The van der Waals surface area contributed by atoms with Crippen molar-refractivity contribution in [2.75, 3.05) is 0 Å². The minimum Gasteiger partial charge on any atom is -0.288 e. The molecule has 2 aromatic carbocycles. The molecular weight excluding hydrogens is 402 g/mol. The Morgan fingerprint density at radius 1 is 0.833 bits per heavy atom. The van der Waals surface area contributed by atoms with Crippen LogP contribution in [-0.4, -0.2) is 17.7 Å². The van der Waals surface area contributed by atoms with E-state index in [1.165, 1.54) is 24.3 Å². The van der Waals surface area contributed by atoms with E-state index in [9.17, 15) is 14.4 Å². The van der Waals surface area contributed by atoms with Crippen molar-refractivity contribution in [2.45, 2.75) is 0 Å². The number of hydrogen-bond acceptors (Lipinski definition) is 5. The van der Waals surface area contributed by atoms with E-state index in [-0.39, 0.29) is 43.1 Å². The third-order valence-corrected chi connectivity index (χ3v) is 4.57. The van der Waals surface area contributed by atoms with Gasteiger partial charge in [0.2, 0.25) is 0 Å². The van der Waals surface area contributed by atoms with Gasteiger partial charge in [-0.3, -0.25) is 4.79 Å².